The molecule has 18 heavy (non-hydrogen) atoms. The van der Waals surface area contributed by atoms with Crippen molar-refractivity contribution in [2.24, 2.45) is 11.5 Å². The topological polar surface area (TPSA) is 105 Å². The summed E-state index contributed by atoms with van der Waals surface area (Å²) in [4.78, 5) is 21.7. The van der Waals surface area contributed by atoms with Crippen LogP contribution in [0.5, 0.6) is 11.5 Å². The Morgan fingerprint density at radius 3 is 2.06 bits per heavy atom. The van der Waals surface area contributed by atoms with Crippen molar-refractivity contribution in [2.45, 2.75) is 26.2 Å². The van der Waals surface area contributed by atoms with Gasteiger partial charge in [0.1, 0.15) is 0 Å². The van der Waals surface area contributed by atoms with Crippen LogP contribution in [0.3, 0.4) is 0 Å². The normalized spacial score (nSPS) is 10.8. The molecule has 0 spiro atoms. The average Bonchev–Trinajstić information content (AvgIpc) is 2.17. The van der Waals surface area contributed by atoms with Gasteiger partial charge in [-0.1, -0.05) is 32.9 Å². The quantitative estimate of drug-likeness (QED) is 0.838. The highest BCUT2D eigenvalue weighted by atomic mass is 16.6. The van der Waals surface area contributed by atoms with Crippen molar-refractivity contribution in [1.29, 1.82) is 0 Å². The van der Waals surface area contributed by atoms with Gasteiger partial charge in [0.15, 0.2) is 11.5 Å². The molecule has 0 aliphatic heterocycles. The molecular weight excluding hydrogens is 236 g/mol. The van der Waals surface area contributed by atoms with Crippen LogP contribution >= 0.6 is 0 Å². The van der Waals surface area contributed by atoms with E-state index >= 15 is 0 Å². The van der Waals surface area contributed by atoms with Crippen LogP contribution < -0.4 is 20.9 Å². The fraction of sp³-hybridized carbons (Fsp3) is 0.333. The number of amides is 2. The Labute approximate surface area is 105 Å². The number of hydrogen-bond donors (Lipinski definition) is 2. The molecule has 0 unspecified atom stereocenters. The number of benzene rings is 1. The SMILES string of the molecule is CC(C)(C)c1cccc(OC(N)=O)c1OC(N)=O. The van der Waals surface area contributed by atoms with Gasteiger partial charge in [0.25, 0.3) is 0 Å². The molecule has 6 heteroatoms. The number of rotatable bonds is 2. The molecule has 1 aromatic rings. The minimum Gasteiger partial charge on any atom is -0.406 e. The van der Waals surface area contributed by atoms with Crippen LogP contribution in [0.2, 0.25) is 0 Å². The van der Waals surface area contributed by atoms with E-state index in [0.717, 1.165) is 0 Å². The average molecular weight is 252 g/mol. The summed E-state index contributed by atoms with van der Waals surface area (Å²) in [6, 6.07) is 4.90. The number of carbonyl (C=O) groups excluding carboxylic acids is 2. The van der Waals surface area contributed by atoms with E-state index < -0.39 is 12.2 Å². The van der Waals surface area contributed by atoms with E-state index in [0.29, 0.717) is 5.56 Å². The third-order valence-electron chi connectivity index (χ3n) is 2.20. The van der Waals surface area contributed by atoms with Gasteiger partial charge in [0.05, 0.1) is 0 Å². The van der Waals surface area contributed by atoms with E-state index in [9.17, 15) is 9.59 Å². The molecule has 0 aromatic heterocycles. The first-order chi connectivity index (χ1) is 8.21. The molecule has 0 saturated carbocycles. The molecule has 0 fully saturated rings. The summed E-state index contributed by atoms with van der Waals surface area (Å²) in [5.41, 5.74) is 10.3. The first kappa shape index (κ1) is 13.8. The van der Waals surface area contributed by atoms with Crippen molar-refractivity contribution >= 4 is 12.2 Å². The summed E-state index contributed by atoms with van der Waals surface area (Å²) in [6.07, 6.45) is -1.98. The highest BCUT2D eigenvalue weighted by Crippen LogP contribution is 2.38. The molecule has 0 saturated heterocycles. The van der Waals surface area contributed by atoms with Gasteiger partial charge in [-0.25, -0.2) is 9.59 Å². The molecule has 0 aliphatic rings. The Balaban J connectivity index is 3.34. The molecule has 0 radical (unpaired) electrons. The lowest BCUT2D eigenvalue weighted by atomic mass is 9.86. The van der Waals surface area contributed by atoms with Crippen LogP contribution in [0.25, 0.3) is 0 Å². The van der Waals surface area contributed by atoms with Gasteiger partial charge in [-0.15, -0.1) is 0 Å². The third kappa shape index (κ3) is 3.38. The fourth-order valence-corrected chi connectivity index (χ4v) is 1.50. The summed E-state index contributed by atoms with van der Waals surface area (Å²) < 4.78 is 9.70. The molecule has 4 N–H and O–H groups in total. The second-order valence-electron chi connectivity index (χ2n) is 4.73. The van der Waals surface area contributed by atoms with Crippen LogP contribution in [0.15, 0.2) is 18.2 Å². The molecule has 98 valence electrons. The van der Waals surface area contributed by atoms with Crippen LogP contribution in [-0.4, -0.2) is 12.2 Å². The Bertz CT molecular complexity index is 477. The van der Waals surface area contributed by atoms with Crippen LogP contribution in [-0.2, 0) is 5.41 Å². The number of hydrogen-bond acceptors (Lipinski definition) is 4. The van der Waals surface area contributed by atoms with Crippen LogP contribution in [0, 0.1) is 0 Å². The summed E-state index contributed by atoms with van der Waals surface area (Å²) in [7, 11) is 0. The second-order valence-corrected chi connectivity index (χ2v) is 4.73. The third-order valence-corrected chi connectivity index (χ3v) is 2.20. The minimum absolute atomic E-state index is 0.0636. The molecular formula is C12H16N2O4. The van der Waals surface area contributed by atoms with E-state index in [2.05, 4.69) is 0 Å². The Morgan fingerprint density at radius 1 is 1.06 bits per heavy atom. The number of ether oxygens (including phenoxy) is 2. The molecule has 0 bridgehead atoms. The zero-order valence-electron chi connectivity index (χ0n) is 10.5. The Kier molecular flexibility index (Phi) is 3.80. The maximum absolute atomic E-state index is 10.9. The second kappa shape index (κ2) is 4.95. The lowest BCUT2D eigenvalue weighted by Crippen LogP contribution is -2.23. The summed E-state index contributed by atoms with van der Waals surface area (Å²) in [5, 5.41) is 0. The maximum atomic E-state index is 10.9. The van der Waals surface area contributed by atoms with Gasteiger partial charge < -0.3 is 20.9 Å². The number of primary amides is 2. The van der Waals surface area contributed by atoms with Crippen molar-refractivity contribution in [2.75, 3.05) is 0 Å². The molecule has 1 rings (SSSR count). The highest BCUT2D eigenvalue weighted by Gasteiger charge is 2.24. The van der Waals surface area contributed by atoms with E-state index in [-0.39, 0.29) is 16.9 Å². The zero-order valence-corrected chi connectivity index (χ0v) is 10.5. The monoisotopic (exact) mass is 252 g/mol. The van der Waals surface area contributed by atoms with E-state index in [1.54, 1.807) is 12.1 Å². The maximum Gasteiger partial charge on any atom is 0.410 e. The van der Waals surface area contributed by atoms with Gasteiger partial charge in [-0.3, -0.25) is 0 Å². The van der Waals surface area contributed by atoms with Crippen molar-refractivity contribution < 1.29 is 19.1 Å². The van der Waals surface area contributed by atoms with Crippen LogP contribution in [0.1, 0.15) is 26.3 Å². The van der Waals surface area contributed by atoms with Crippen molar-refractivity contribution in [3.8, 4) is 11.5 Å². The van der Waals surface area contributed by atoms with Gasteiger partial charge in [-0.2, -0.15) is 0 Å². The number of nitrogens with two attached hydrogens (primary N) is 2. The summed E-state index contributed by atoms with van der Waals surface area (Å²) >= 11 is 0. The van der Waals surface area contributed by atoms with Gasteiger partial charge in [0, 0.05) is 5.56 Å². The smallest absolute Gasteiger partial charge is 0.406 e. The Hall–Kier alpha value is -2.24. The van der Waals surface area contributed by atoms with Gasteiger partial charge in [0.2, 0.25) is 0 Å². The molecule has 2 amide bonds. The zero-order chi connectivity index (χ0) is 13.9. The van der Waals surface area contributed by atoms with E-state index in [4.69, 9.17) is 20.9 Å². The number of carbonyl (C=O) groups is 2. The van der Waals surface area contributed by atoms with Gasteiger partial charge in [-0.05, 0) is 11.5 Å². The fourth-order valence-electron chi connectivity index (χ4n) is 1.50. The van der Waals surface area contributed by atoms with Crippen molar-refractivity contribution in [1.82, 2.24) is 0 Å². The predicted molar refractivity (Wildman–Crippen MR) is 65.6 cm³/mol. The lowest BCUT2D eigenvalue weighted by Gasteiger charge is -2.23. The Morgan fingerprint density at radius 2 is 1.61 bits per heavy atom. The lowest BCUT2D eigenvalue weighted by molar-refractivity contribution is 0.199. The van der Waals surface area contributed by atoms with Crippen molar-refractivity contribution in [3.05, 3.63) is 23.8 Å². The molecule has 1 aromatic carbocycles. The minimum atomic E-state index is -0.990. The highest BCUT2D eigenvalue weighted by molar-refractivity contribution is 5.73. The molecule has 0 aliphatic carbocycles. The largest absolute Gasteiger partial charge is 0.410 e. The van der Waals surface area contributed by atoms with Crippen LogP contribution in [0.4, 0.5) is 9.59 Å². The molecule has 6 nitrogen and oxygen atoms in total. The predicted octanol–water partition coefficient (Wildman–Crippen LogP) is 1.90. The first-order valence-electron chi connectivity index (χ1n) is 5.30. The van der Waals surface area contributed by atoms with E-state index in [1.807, 2.05) is 20.8 Å². The van der Waals surface area contributed by atoms with E-state index in [1.165, 1.54) is 6.07 Å². The molecule has 0 atom stereocenters. The summed E-state index contributed by atoms with van der Waals surface area (Å²) in [5.74, 6) is 0.171. The standard InChI is InChI=1S/C12H16N2O4/c1-12(2,3)7-5-4-6-8(17-10(13)15)9(7)18-11(14)16/h4-6H,1-3H3,(H2,13,15)(H2,14,16). The summed E-state index contributed by atoms with van der Waals surface area (Å²) in [6.45, 7) is 5.76. The first-order valence-corrected chi connectivity index (χ1v) is 5.30. The van der Waals surface area contributed by atoms with Gasteiger partial charge >= 0.3 is 12.2 Å². The molecule has 0 heterocycles. The number of para-hydroxylation sites is 1. The van der Waals surface area contributed by atoms with Crippen molar-refractivity contribution in [3.63, 3.8) is 0 Å².